The van der Waals surface area contributed by atoms with Gasteiger partial charge in [-0.15, -0.1) is 0 Å². The van der Waals surface area contributed by atoms with Crippen LogP contribution >= 0.6 is 0 Å². The van der Waals surface area contributed by atoms with Gasteiger partial charge in [0.15, 0.2) is 0 Å². The molecular weight excluding hydrogens is 642 g/mol. The second-order valence-corrected chi connectivity index (χ2v) is 18.8. The van der Waals surface area contributed by atoms with Gasteiger partial charge >= 0.3 is 0 Å². The van der Waals surface area contributed by atoms with Crippen molar-refractivity contribution >= 4 is 0 Å². The van der Waals surface area contributed by atoms with E-state index in [1.54, 1.807) is 0 Å². The first kappa shape index (κ1) is 40.3. The molecule has 1 atom stereocenters. The van der Waals surface area contributed by atoms with Gasteiger partial charge in [0, 0.05) is 63.1 Å². The number of likely N-dealkylation sites (tertiary alicyclic amines) is 5. The maximum atomic E-state index is 5.80. The zero-order chi connectivity index (χ0) is 35.8. The predicted octanol–water partition coefficient (Wildman–Crippen LogP) is 4.46. The molecule has 0 saturated carbocycles. The molecule has 10 aliphatic heterocycles. The molecule has 10 rings (SSSR count). The summed E-state index contributed by atoms with van der Waals surface area (Å²) in [6.07, 6.45) is 18.3. The predicted molar refractivity (Wildman–Crippen MR) is 205 cm³/mol. The van der Waals surface area contributed by atoms with Crippen molar-refractivity contribution in [1.29, 1.82) is 0 Å². The van der Waals surface area contributed by atoms with Crippen LogP contribution < -0.4 is 0 Å². The Labute approximate surface area is 312 Å². The van der Waals surface area contributed by atoms with Crippen molar-refractivity contribution in [2.75, 3.05) is 147 Å². The highest BCUT2D eigenvalue weighted by Crippen LogP contribution is 2.39. The lowest BCUT2D eigenvalue weighted by Gasteiger charge is -2.47. The Bertz CT molecular complexity index is 947. The van der Waals surface area contributed by atoms with E-state index in [2.05, 4.69) is 59.7 Å². The highest BCUT2D eigenvalue weighted by atomic mass is 16.5. The summed E-state index contributed by atoms with van der Waals surface area (Å²) in [6, 6.07) is 0. The van der Waals surface area contributed by atoms with Crippen molar-refractivity contribution in [3.8, 4) is 0 Å². The van der Waals surface area contributed by atoms with Gasteiger partial charge in [0.1, 0.15) is 0 Å². The normalized spacial score (nSPS) is 33.8. The van der Waals surface area contributed by atoms with Crippen LogP contribution in [0.2, 0.25) is 0 Å². The minimum absolute atomic E-state index is 0.299. The highest BCUT2D eigenvalue weighted by molar-refractivity contribution is 4.94. The second-order valence-electron chi connectivity index (χ2n) is 18.8. The summed E-state index contributed by atoms with van der Waals surface area (Å²) in [5, 5.41) is 0. The second kappa shape index (κ2) is 18.0. The zero-order valence-corrected chi connectivity index (χ0v) is 33.7. The van der Waals surface area contributed by atoms with Crippen LogP contribution in [0.15, 0.2) is 0 Å². The van der Waals surface area contributed by atoms with Crippen molar-refractivity contribution in [3.63, 3.8) is 0 Å². The maximum Gasteiger partial charge on any atom is 0.0831 e. The number of ether oxygens (including phenoxy) is 5. The summed E-state index contributed by atoms with van der Waals surface area (Å²) >= 11 is 0. The van der Waals surface area contributed by atoms with E-state index < -0.39 is 0 Å². The monoisotopic (exact) mass is 720 g/mol. The lowest BCUT2D eigenvalue weighted by Crippen LogP contribution is -2.54. The van der Waals surface area contributed by atoms with E-state index in [1.807, 2.05) is 0 Å². The summed E-state index contributed by atoms with van der Waals surface area (Å²) in [7, 11) is 11.0. The first-order valence-corrected chi connectivity index (χ1v) is 21.0. The van der Waals surface area contributed by atoms with Crippen molar-refractivity contribution in [2.45, 2.75) is 107 Å². The molecule has 10 nitrogen and oxygen atoms in total. The Morgan fingerprint density at radius 3 is 1.08 bits per heavy atom. The molecule has 51 heavy (non-hydrogen) atoms. The van der Waals surface area contributed by atoms with Crippen LogP contribution in [0.1, 0.15) is 89.9 Å². The standard InChI is InChI=1S/C9H17NO.4C8H15NO/c1-10-6-4-9(5-7-10)3-2-8-11-9;1-9-5-2-8(3-6-9)4-7-10-8;1-9-4-2-8(3-5-9)6-10-7-8;1-9-5-2-3-8(7-9)4-6-10-8;1-9-4-2-3-8(5-9)6-10-7-8/h2-8H2,1H3;4*2-7H2,1H3. The quantitative estimate of drug-likeness (QED) is 0.359. The van der Waals surface area contributed by atoms with Crippen molar-refractivity contribution < 1.29 is 23.7 Å². The van der Waals surface area contributed by atoms with E-state index in [1.165, 1.54) is 149 Å². The van der Waals surface area contributed by atoms with Crippen LogP contribution in [-0.4, -0.2) is 188 Å². The van der Waals surface area contributed by atoms with Gasteiger partial charge in [0.25, 0.3) is 0 Å². The zero-order valence-electron chi connectivity index (χ0n) is 33.7. The third-order valence-electron chi connectivity index (χ3n) is 14.2. The molecule has 10 heteroatoms. The molecule has 0 aliphatic carbocycles. The molecule has 0 aromatic heterocycles. The molecular formula is C41H77N5O5. The molecule has 0 radical (unpaired) electrons. The number of hydrogen-bond donors (Lipinski definition) is 0. The fourth-order valence-electron chi connectivity index (χ4n) is 9.87. The molecule has 0 aromatic carbocycles. The Morgan fingerprint density at radius 1 is 0.333 bits per heavy atom. The molecule has 1 unspecified atom stereocenters. The first-order valence-electron chi connectivity index (χ1n) is 21.0. The van der Waals surface area contributed by atoms with Crippen LogP contribution in [0.4, 0.5) is 0 Å². The van der Waals surface area contributed by atoms with Gasteiger partial charge in [-0.3, -0.25) is 0 Å². The van der Waals surface area contributed by atoms with Gasteiger partial charge in [-0.2, -0.15) is 0 Å². The van der Waals surface area contributed by atoms with Crippen LogP contribution in [0, 0.1) is 10.8 Å². The molecule has 10 aliphatic rings. The SMILES string of the molecule is CN1CCC2(CC1)COC2.CN1CCC2(CCCO2)CC1.CN1CCC2(CCO2)CC1.CN1CCCC2(CCO2)C1.CN1CCCC2(COC2)C1. The summed E-state index contributed by atoms with van der Waals surface area (Å²) < 4.78 is 27.4. The van der Waals surface area contributed by atoms with E-state index in [0.717, 1.165) is 52.8 Å². The van der Waals surface area contributed by atoms with E-state index in [0.29, 0.717) is 27.6 Å². The summed E-state index contributed by atoms with van der Waals surface area (Å²) in [4.78, 5) is 12.0. The lowest BCUT2D eigenvalue weighted by atomic mass is 9.77. The average Bonchev–Trinajstić information content (AvgIpc) is 3.53. The molecule has 10 heterocycles. The van der Waals surface area contributed by atoms with Gasteiger partial charge in [0.05, 0.1) is 56.4 Å². The molecule has 0 aromatic rings. The number of piperidine rings is 5. The smallest absolute Gasteiger partial charge is 0.0831 e. The Balaban J connectivity index is 0.000000110. The Hall–Kier alpha value is -0.400. The minimum atomic E-state index is 0.299. The highest BCUT2D eigenvalue weighted by Gasteiger charge is 2.43. The van der Waals surface area contributed by atoms with Crippen molar-refractivity contribution in [1.82, 2.24) is 24.5 Å². The largest absolute Gasteiger partial charge is 0.380 e. The fraction of sp³-hybridized carbons (Fsp3) is 1.00. The van der Waals surface area contributed by atoms with E-state index >= 15 is 0 Å². The molecule has 10 saturated heterocycles. The lowest BCUT2D eigenvalue weighted by molar-refractivity contribution is -0.173. The topological polar surface area (TPSA) is 62.3 Å². The molecule has 296 valence electrons. The summed E-state index contributed by atoms with van der Waals surface area (Å²) in [5.41, 5.74) is 2.14. The third-order valence-corrected chi connectivity index (χ3v) is 14.2. The fourth-order valence-corrected chi connectivity index (χ4v) is 9.87. The van der Waals surface area contributed by atoms with Gasteiger partial charge in [-0.25, -0.2) is 0 Å². The van der Waals surface area contributed by atoms with Crippen LogP contribution in [0.5, 0.6) is 0 Å². The van der Waals surface area contributed by atoms with E-state index in [4.69, 9.17) is 23.7 Å². The minimum Gasteiger partial charge on any atom is -0.380 e. The first-order chi connectivity index (χ1) is 24.5. The number of rotatable bonds is 0. The molecule has 0 N–H and O–H groups in total. The van der Waals surface area contributed by atoms with Gasteiger partial charge < -0.3 is 48.2 Å². The van der Waals surface area contributed by atoms with Crippen molar-refractivity contribution in [2.24, 2.45) is 10.8 Å². The Kier molecular flexibility index (Phi) is 14.2. The van der Waals surface area contributed by atoms with Gasteiger partial charge in [0.2, 0.25) is 0 Å². The number of nitrogens with zero attached hydrogens (tertiary/aromatic N) is 5. The summed E-state index contributed by atoms with van der Waals surface area (Å²) in [6.45, 7) is 19.5. The maximum absolute atomic E-state index is 5.80. The van der Waals surface area contributed by atoms with Gasteiger partial charge in [-0.1, -0.05) is 0 Å². The molecule has 0 bridgehead atoms. The average molecular weight is 720 g/mol. The van der Waals surface area contributed by atoms with Crippen LogP contribution in [-0.2, 0) is 23.7 Å². The third kappa shape index (κ3) is 11.1. The van der Waals surface area contributed by atoms with E-state index in [-0.39, 0.29) is 0 Å². The molecule has 10 fully saturated rings. The number of likely N-dealkylation sites (N-methyl/N-ethyl adjacent to an activating group) is 1. The summed E-state index contributed by atoms with van der Waals surface area (Å²) in [5.74, 6) is 0. The van der Waals surface area contributed by atoms with Crippen LogP contribution in [0.3, 0.4) is 0 Å². The van der Waals surface area contributed by atoms with Crippen LogP contribution in [0.25, 0.3) is 0 Å². The number of hydrogen-bond acceptors (Lipinski definition) is 10. The van der Waals surface area contributed by atoms with Gasteiger partial charge in [-0.05, 0) is 145 Å². The van der Waals surface area contributed by atoms with E-state index in [9.17, 15) is 0 Å². The molecule has 5 spiro atoms. The molecule has 0 amide bonds. The Morgan fingerprint density at radius 2 is 0.745 bits per heavy atom. The van der Waals surface area contributed by atoms with Crippen molar-refractivity contribution in [3.05, 3.63) is 0 Å².